The monoisotopic (exact) mass is 255 g/mol. The molecule has 0 aliphatic carbocycles. The molecule has 0 bridgehead atoms. The van der Waals surface area contributed by atoms with Crippen LogP contribution in [0.5, 0.6) is 5.75 Å². The normalized spacial score (nSPS) is 10.3. The quantitative estimate of drug-likeness (QED) is 0.582. The predicted octanol–water partition coefficient (Wildman–Crippen LogP) is 2.55. The molecule has 0 aromatic heterocycles. The summed E-state index contributed by atoms with van der Waals surface area (Å²) in [5, 5.41) is 15.7. The largest absolute Gasteiger partial charge is 0.508 e. The Labute approximate surface area is 110 Å². The van der Waals surface area contributed by atoms with Crippen LogP contribution in [0, 0.1) is 0 Å². The first-order chi connectivity index (χ1) is 9.24. The second kappa shape index (κ2) is 6.20. The Morgan fingerprint density at radius 3 is 2.63 bits per heavy atom. The zero-order valence-corrected chi connectivity index (χ0v) is 10.1. The van der Waals surface area contributed by atoms with Crippen LogP contribution in [0.3, 0.4) is 0 Å². The fourth-order valence-electron chi connectivity index (χ4n) is 1.45. The molecule has 0 aliphatic rings. The van der Waals surface area contributed by atoms with Crippen LogP contribution in [-0.4, -0.2) is 17.4 Å². The third kappa shape index (κ3) is 4.16. The molecule has 0 atom stereocenters. The van der Waals surface area contributed by atoms with E-state index in [9.17, 15) is 9.90 Å². The summed E-state index contributed by atoms with van der Waals surface area (Å²) in [5.41, 5.74) is 3.72. The molecule has 0 heterocycles. The van der Waals surface area contributed by atoms with Gasteiger partial charge < -0.3 is 10.4 Å². The molecule has 2 aromatic rings. The van der Waals surface area contributed by atoms with E-state index in [1.165, 1.54) is 6.21 Å². The Balaban J connectivity index is 1.87. The van der Waals surface area contributed by atoms with Gasteiger partial charge in [0.25, 0.3) is 0 Å². The molecule has 5 heteroatoms. The molecule has 2 amide bonds. The second-order valence-corrected chi connectivity index (χ2v) is 3.79. The maximum atomic E-state index is 11.5. The number of para-hydroxylation sites is 1. The summed E-state index contributed by atoms with van der Waals surface area (Å²) in [6.45, 7) is 0. The van der Waals surface area contributed by atoms with Gasteiger partial charge in [0.05, 0.1) is 6.21 Å². The Kier molecular flexibility index (Phi) is 4.12. The molecule has 2 aromatic carbocycles. The van der Waals surface area contributed by atoms with Crippen molar-refractivity contribution in [2.45, 2.75) is 0 Å². The van der Waals surface area contributed by atoms with Gasteiger partial charge in [-0.15, -0.1) is 0 Å². The van der Waals surface area contributed by atoms with E-state index in [2.05, 4.69) is 15.8 Å². The number of carbonyl (C=O) groups excluding carboxylic acids is 1. The molecule has 0 saturated heterocycles. The van der Waals surface area contributed by atoms with Gasteiger partial charge in [-0.25, -0.2) is 10.2 Å². The predicted molar refractivity (Wildman–Crippen MR) is 74.3 cm³/mol. The molecule has 0 saturated carbocycles. The highest BCUT2D eigenvalue weighted by Gasteiger charge is 1.98. The molecule has 0 fully saturated rings. The summed E-state index contributed by atoms with van der Waals surface area (Å²) in [7, 11) is 0. The standard InChI is InChI=1S/C14H13N3O2/c18-13-8-4-5-11(9-13)10-15-17-14(19)16-12-6-2-1-3-7-12/h1-10,18H,(H2,16,17,19)/b15-10-. The molecule has 0 radical (unpaired) electrons. The molecule has 19 heavy (non-hydrogen) atoms. The van der Waals surface area contributed by atoms with Gasteiger partial charge >= 0.3 is 6.03 Å². The van der Waals surface area contributed by atoms with E-state index in [1.54, 1.807) is 36.4 Å². The second-order valence-electron chi connectivity index (χ2n) is 3.79. The Morgan fingerprint density at radius 2 is 1.89 bits per heavy atom. The molecule has 2 rings (SSSR count). The number of phenolic OH excluding ortho intramolecular Hbond substituents is 1. The van der Waals surface area contributed by atoms with Crippen LogP contribution >= 0.6 is 0 Å². The van der Waals surface area contributed by atoms with Crippen molar-refractivity contribution < 1.29 is 9.90 Å². The summed E-state index contributed by atoms with van der Waals surface area (Å²) >= 11 is 0. The third-order valence-corrected chi connectivity index (χ3v) is 2.28. The van der Waals surface area contributed by atoms with E-state index in [4.69, 9.17) is 0 Å². The molecule has 0 unspecified atom stereocenters. The highest BCUT2D eigenvalue weighted by atomic mass is 16.3. The van der Waals surface area contributed by atoms with E-state index >= 15 is 0 Å². The van der Waals surface area contributed by atoms with E-state index in [0.717, 1.165) is 0 Å². The maximum absolute atomic E-state index is 11.5. The Morgan fingerprint density at radius 1 is 1.11 bits per heavy atom. The van der Waals surface area contributed by atoms with Crippen LogP contribution in [0.2, 0.25) is 0 Å². The fourth-order valence-corrected chi connectivity index (χ4v) is 1.45. The average Bonchev–Trinajstić information content (AvgIpc) is 2.40. The molecule has 96 valence electrons. The van der Waals surface area contributed by atoms with Crippen molar-refractivity contribution in [3.8, 4) is 5.75 Å². The van der Waals surface area contributed by atoms with Gasteiger partial charge in [-0.1, -0.05) is 30.3 Å². The Bertz CT molecular complexity index is 582. The summed E-state index contributed by atoms with van der Waals surface area (Å²) in [6.07, 6.45) is 1.45. The van der Waals surface area contributed by atoms with Gasteiger partial charge in [-0.2, -0.15) is 5.10 Å². The topological polar surface area (TPSA) is 73.7 Å². The number of nitrogens with one attached hydrogen (secondary N) is 2. The lowest BCUT2D eigenvalue weighted by atomic mass is 10.2. The number of rotatable bonds is 3. The third-order valence-electron chi connectivity index (χ3n) is 2.28. The number of amides is 2. The van der Waals surface area contributed by atoms with Crippen molar-refractivity contribution >= 4 is 17.9 Å². The molecule has 5 nitrogen and oxygen atoms in total. The lowest BCUT2D eigenvalue weighted by molar-refractivity contribution is 0.252. The zero-order valence-electron chi connectivity index (χ0n) is 10.1. The number of benzene rings is 2. The molecular formula is C14H13N3O2. The van der Waals surface area contributed by atoms with Crippen molar-refractivity contribution in [3.05, 3.63) is 60.2 Å². The zero-order chi connectivity index (χ0) is 13.5. The number of hydrazone groups is 1. The van der Waals surface area contributed by atoms with Gasteiger partial charge in [-0.05, 0) is 29.8 Å². The minimum absolute atomic E-state index is 0.151. The molecular weight excluding hydrogens is 242 g/mol. The minimum atomic E-state index is -0.428. The number of phenols is 1. The van der Waals surface area contributed by atoms with E-state index in [0.29, 0.717) is 11.3 Å². The molecule has 0 aliphatic heterocycles. The molecule has 3 N–H and O–H groups in total. The van der Waals surface area contributed by atoms with Crippen LogP contribution in [0.4, 0.5) is 10.5 Å². The van der Waals surface area contributed by atoms with Gasteiger partial charge in [0, 0.05) is 5.69 Å². The van der Waals surface area contributed by atoms with Gasteiger partial charge in [0.2, 0.25) is 0 Å². The summed E-state index contributed by atoms with van der Waals surface area (Å²) in [5.74, 6) is 0.151. The van der Waals surface area contributed by atoms with Crippen molar-refractivity contribution in [3.63, 3.8) is 0 Å². The SMILES string of the molecule is O=C(N/N=C\c1cccc(O)c1)Nc1ccccc1. The number of aromatic hydroxyl groups is 1. The van der Waals surface area contributed by atoms with Crippen molar-refractivity contribution in [2.24, 2.45) is 5.10 Å². The van der Waals surface area contributed by atoms with E-state index in [-0.39, 0.29) is 5.75 Å². The fraction of sp³-hybridized carbons (Fsp3) is 0. The Hall–Kier alpha value is -2.82. The van der Waals surface area contributed by atoms with Gasteiger partial charge in [0.1, 0.15) is 5.75 Å². The number of hydrogen-bond acceptors (Lipinski definition) is 3. The number of urea groups is 1. The van der Waals surface area contributed by atoms with E-state index < -0.39 is 6.03 Å². The van der Waals surface area contributed by atoms with Crippen molar-refractivity contribution in [1.29, 1.82) is 0 Å². The lowest BCUT2D eigenvalue weighted by Gasteiger charge is -2.03. The number of anilines is 1. The maximum Gasteiger partial charge on any atom is 0.339 e. The van der Waals surface area contributed by atoms with Crippen LogP contribution in [0.1, 0.15) is 5.56 Å². The average molecular weight is 255 g/mol. The first-order valence-corrected chi connectivity index (χ1v) is 5.68. The lowest BCUT2D eigenvalue weighted by Crippen LogP contribution is -2.24. The minimum Gasteiger partial charge on any atom is -0.508 e. The summed E-state index contributed by atoms with van der Waals surface area (Å²) in [4.78, 5) is 11.5. The van der Waals surface area contributed by atoms with Crippen LogP contribution in [0.25, 0.3) is 0 Å². The van der Waals surface area contributed by atoms with E-state index in [1.807, 2.05) is 18.2 Å². The number of hydrogen-bond donors (Lipinski definition) is 3. The van der Waals surface area contributed by atoms with Crippen molar-refractivity contribution in [2.75, 3.05) is 5.32 Å². The smallest absolute Gasteiger partial charge is 0.339 e. The van der Waals surface area contributed by atoms with Gasteiger partial charge in [0.15, 0.2) is 0 Å². The first-order valence-electron chi connectivity index (χ1n) is 5.68. The van der Waals surface area contributed by atoms with Crippen LogP contribution in [0.15, 0.2) is 59.7 Å². The summed E-state index contributed by atoms with van der Waals surface area (Å²) in [6, 6.07) is 15.2. The first kappa shape index (κ1) is 12.6. The number of nitrogens with zero attached hydrogens (tertiary/aromatic N) is 1. The highest BCUT2D eigenvalue weighted by Crippen LogP contribution is 2.08. The summed E-state index contributed by atoms with van der Waals surface area (Å²) < 4.78 is 0. The van der Waals surface area contributed by atoms with Gasteiger partial charge in [-0.3, -0.25) is 0 Å². The molecule has 0 spiro atoms. The van der Waals surface area contributed by atoms with Crippen LogP contribution in [-0.2, 0) is 0 Å². The van der Waals surface area contributed by atoms with Crippen molar-refractivity contribution in [1.82, 2.24) is 5.43 Å². The van der Waals surface area contributed by atoms with Crippen LogP contribution < -0.4 is 10.7 Å². The number of carbonyl (C=O) groups is 1. The highest BCUT2D eigenvalue weighted by molar-refractivity contribution is 5.90.